The molecule has 0 aliphatic carbocycles. The number of hydrogen-bond acceptors (Lipinski definition) is 4. The van der Waals surface area contributed by atoms with Gasteiger partial charge < -0.3 is 10.1 Å². The highest BCUT2D eigenvalue weighted by Crippen LogP contribution is 2.19. The van der Waals surface area contributed by atoms with Crippen LogP contribution in [0.25, 0.3) is 0 Å². The van der Waals surface area contributed by atoms with Crippen LogP contribution >= 0.6 is 15.9 Å². The minimum Gasteiger partial charge on any atom is -0.379 e. The number of halogens is 1. The van der Waals surface area contributed by atoms with Gasteiger partial charge in [0.15, 0.2) is 0 Å². The molecule has 1 fully saturated rings. The standard InChI is InChI=1S/C15H25BrN4O2/c1-12-15(16)13(2)20(18-12)7-4-14(21)17-5-3-6-19-8-10-22-11-9-19/h3-11H2,1-2H3,(H,17,21). The van der Waals surface area contributed by atoms with E-state index in [9.17, 15) is 4.79 Å². The third-order valence-electron chi connectivity index (χ3n) is 3.92. The summed E-state index contributed by atoms with van der Waals surface area (Å²) in [4.78, 5) is 14.3. The molecule has 0 spiro atoms. The van der Waals surface area contributed by atoms with Crippen molar-refractivity contribution >= 4 is 21.8 Å². The lowest BCUT2D eigenvalue weighted by molar-refractivity contribution is -0.121. The first-order valence-corrected chi connectivity index (χ1v) is 8.63. The van der Waals surface area contributed by atoms with E-state index in [0.717, 1.165) is 61.7 Å². The average molecular weight is 373 g/mol. The van der Waals surface area contributed by atoms with E-state index in [4.69, 9.17) is 4.74 Å². The molecule has 6 nitrogen and oxygen atoms in total. The van der Waals surface area contributed by atoms with Crippen LogP contribution in [-0.4, -0.2) is 60.0 Å². The number of nitrogens with one attached hydrogen (secondary N) is 1. The Bertz CT molecular complexity index is 498. The van der Waals surface area contributed by atoms with Crippen LogP contribution in [0.5, 0.6) is 0 Å². The van der Waals surface area contributed by atoms with Gasteiger partial charge in [-0.1, -0.05) is 0 Å². The van der Waals surface area contributed by atoms with Crippen LogP contribution in [0, 0.1) is 13.8 Å². The predicted molar refractivity (Wildman–Crippen MR) is 88.9 cm³/mol. The Morgan fingerprint density at radius 2 is 2.05 bits per heavy atom. The van der Waals surface area contributed by atoms with Crippen LogP contribution in [0.2, 0.25) is 0 Å². The van der Waals surface area contributed by atoms with Crippen molar-refractivity contribution in [2.75, 3.05) is 39.4 Å². The number of ether oxygens (including phenoxy) is 1. The molecule has 1 saturated heterocycles. The number of carbonyl (C=O) groups excluding carboxylic acids is 1. The lowest BCUT2D eigenvalue weighted by atomic mass is 10.3. The summed E-state index contributed by atoms with van der Waals surface area (Å²) >= 11 is 3.50. The van der Waals surface area contributed by atoms with E-state index in [2.05, 4.69) is 31.2 Å². The number of aryl methyl sites for hydroxylation is 2. The Hall–Kier alpha value is -0.920. The molecule has 0 saturated carbocycles. The molecule has 124 valence electrons. The van der Waals surface area contributed by atoms with Crippen molar-refractivity contribution in [2.45, 2.75) is 33.2 Å². The maximum Gasteiger partial charge on any atom is 0.221 e. The summed E-state index contributed by atoms with van der Waals surface area (Å²) in [6, 6.07) is 0. The van der Waals surface area contributed by atoms with Crippen molar-refractivity contribution in [3.8, 4) is 0 Å². The number of amides is 1. The zero-order valence-corrected chi connectivity index (χ0v) is 15.0. The number of hydrogen-bond donors (Lipinski definition) is 1. The molecule has 1 N–H and O–H groups in total. The molecule has 0 unspecified atom stereocenters. The van der Waals surface area contributed by atoms with Crippen LogP contribution in [0.15, 0.2) is 4.47 Å². The van der Waals surface area contributed by atoms with Crippen LogP contribution in [0.1, 0.15) is 24.2 Å². The molecule has 2 rings (SSSR count). The van der Waals surface area contributed by atoms with E-state index in [0.29, 0.717) is 13.0 Å². The van der Waals surface area contributed by atoms with Gasteiger partial charge >= 0.3 is 0 Å². The molecule has 0 bridgehead atoms. The first kappa shape index (κ1) is 17.4. The molecular weight excluding hydrogens is 348 g/mol. The SMILES string of the molecule is Cc1nn(CCC(=O)NCCCN2CCOCC2)c(C)c1Br. The minimum atomic E-state index is 0.0886. The minimum absolute atomic E-state index is 0.0886. The highest BCUT2D eigenvalue weighted by molar-refractivity contribution is 9.10. The van der Waals surface area contributed by atoms with Crippen LogP contribution in [0.4, 0.5) is 0 Å². The van der Waals surface area contributed by atoms with Crippen molar-refractivity contribution < 1.29 is 9.53 Å². The lowest BCUT2D eigenvalue weighted by Crippen LogP contribution is -2.38. The van der Waals surface area contributed by atoms with Gasteiger partial charge in [0.05, 0.1) is 29.9 Å². The van der Waals surface area contributed by atoms with E-state index in [1.807, 2.05) is 18.5 Å². The van der Waals surface area contributed by atoms with E-state index < -0.39 is 0 Å². The Labute approximate surface area is 140 Å². The lowest BCUT2D eigenvalue weighted by Gasteiger charge is -2.26. The second-order valence-corrected chi connectivity index (χ2v) is 6.41. The molecule has 2 heterocycles. The molecule has 0 radical (unpaired) electrons. The Morgan fingerprint density at radius 1 is 1.32 bits per heavy atom. The Morgan fingerprint density at radius 3 is 2.68 bits per heavy atom. The monoisotopic (exact) mass is 372 g/mol. The maximum atomic E-state index is 11.9. The van der Waals surface area contributed by atoms with Crippen molar-refractivity contribution in [1.29, 1.82) is 0 Å². The van der Waals surface area contributed by atoms with Gasteiger partial charge in [0.1, 0.15) is 0 Å². The largest absolute Gasteiger partial charge is 0.379 e. The van der Waals surface area contributed by atoms with Gasteiger partial charge in [-0.2, -0.15) is 5.10 Å². The van der Waals surface area contributed by atoms with Crippen molar-refractivity contribution in [3.63, 3.8) is 0 Å². The summed E-state index contributed by atoms with van der Waals surface area (Å²) in [7, 11) is 0. The summed E-state index contributed by atoms with van der Waals surface area (Å²) in [6.45, 7) is 9.98. The molecule has 1 aliphatic rings. The van der Waals surface area contributed by atoms with Crippen molar-refractivity contribution in [3.05, 3.63) is 15.9 Å². The van der Waals surface area contributed by atoms with E-state index in [-0.39, 0.29) is 5.91 Å². The van der Waals surface area contributed by atoms with Gasteiger partial charge in [-0.25, -0.2) is 0 Å². The molecule has 0 aromatic carbocycles. The predicted octanol–water partition coefficient (Wildman–Crippen LogP) is 1.49. The number of carbonyl (C=O) groups is 1. The van der Waals surface area contributed by atoms with Gasteiger partial charge in [-0.15, -0.1) is 0 Å². The summed E-state index contributed by atoms with van der Waals surface area (Å²) in [5, 5.41) is 7.39. The summed E-state index contributed by atoms with van der Waals surface area (Å²) in [5.74, 6) is 0.0886. The zero-order valence-electron chi connectivity index (χ0n) is 13.4. The first-order valence-electron chi connectivity index (χ1n) is 7.84. The molecule has 7 heteroatoms. The molecular formula is C15H25BrN4O2. The smallest absolute Gasteiger partial charge is 0.221 e. The summed E-state index contributed by atoms with van der Waals surface area (Å²) in [5.41, 5.74) is 2.03. The fourth-order valence-electron chi connectivity index (χ4n) is 2.54. The maximum absolute atomic E-state index is 11.9. The summed E-state index contributed by atoms with van der Waals surface area (Å²) < 4.78 is 8.22. The number of morpholine rings is 1. The normalized spacial score (nSPS) is 16.0. The quantitative estimate of drug-likeness (QED) is 0.736. The fraction of sp³-hybridized carbons (Fsp3) is 0.733. The summed E-state index contributed by atoms with van der Waals surface area (Å²) in [6.07, 6.45) is 1.45. The van der Waals surface area contributed by atoms with Gasteiger partial charge in [0, 0.05) is 31.7 Å². The van der Waals surface area contributed by atoms with Gasteiger partial charge in [0.2, 0.25) is 5.91 Å². The van der Waals surface area contributed by atoms with Crippen molar-refractivity contribution in [1.82, 2.24) is 20.0 Å². The third kappa shape index (κ3) is 5.07. The molecule has 1 aliphatic heterocycles. The molecule has 22 heavy (non-hydrogen) atoms. The Kier molecular flexibility index (Phi) is 6.85. The number of nitrogens with zero attached hydrogens (tertiary/aromatic N) is 3. The van der Waals surface area contributed by atoms with Gasteiger partial charge in [0.25, 0.3) is 0 Å². The second-order valence-electron chi connectivity index (χ2n) is 5.62. The van der Waals surface area contributed by atoms with E-state index in [1.54, 1.807) is 0 Å². The number of aromatic nitrogens is 2. The second kappa shape index (κ2) is 8.64. The highest BCUT2D eigenvalue weighted by atomic mass is 79.9. The third-order valence-corrected chi connectivity index (χ3v) is 5.07. The van der Waals surface area contributed by atoms with Gasteiger partial charge in [-0.3, -0.25) is 14.4 Å². The van der Waals surface area contributed by atoms with Crippen LogP contribution in [-0.2, 0) is 16.1 Å². The Balaban J connectivity index is 1.60. The van der Waals surface area contributed by atoms with E-state index in [1.165, 1.54) is 0 Å². The highest BCUT2D eigenvalue weighted by Gasteiger charge is 2.11. The first-order chi connectivity index (χ1) is 10.6. The van der Waals surface area contributed by atoms with E-state index >= 15 is 0 Å². The average Bonchev–Trinajstić information content (AvgIpc) is 2.78. The molecule has 0 atom stereocenters. The molecule has 1 amide bonds. The van der Waals surface area contributed by atoms with Crippen molar-refractivity contribution in [2.24, 2.45) is 0 Å². The fourth-order valence-corrected chi connectivity index (χ4v) is 2.83. The van der Waals surface area contributed by atoms with Crippen LogP contribution in [0.3, 0.4) is 0 Å². The topological polar surface area (TPSA) is 59.4 Å². The van der Waals surface area contributed by atoms with Gasteiger partial charge in [-0.05, 0) is 42.7 Å². The molecule has 1 aromatic rings. The van der Waals surface area contributed by atoms with Crippen LogP contribution < -0.4 is 5.32 Å². The molecule has 1 aromatic heterocycles. The number of rotatable bonds is 7. The zero-order chi connectivity index (χ0) is 15.9.